The number of aromatic nitrogens is 1. The Hall–Kier alpha value is -1.96. The molecule has 7 heteroatoms. The van der Waals surface area contributed by atoms with E-state index < -0.39 is 10.0 Å². The number of pyridine rings is 1. The summed E-state index contributed by atoms with van der Waals surface area (Å²) in [6.45, 7) is 5.22. The Balaban J connectivity index is 2.09. The Morgan fingerprint density at radius 2 is 1.69 bits per heavy atom. The summed E-state index contributed by atoms with van der Waals surface area (Å²) < 4.78 is 26.4. The molecule has 0 aliphatic heterocycles. The molecular formula is C19H28N4O2S. The van der Waals surface area contributed by atoms with Crippen LogP contribution < -0.4 is 5.32 Å². The van der Waals surface area contributed by atoms with E-state index in [1.165, 1.54) is 16.1 Å². The van der Waals surface area contributed by atoms with Crippen LogP contribution in [-0.4, -0.2) is 56.3 Å². The average molecular weight is 377 g/mol. The summed E-state index contributed by atoms with van der Waals surface area (Å²) in [6, 6.07) is 13.8. The van der Waals surface area contributed by atoms with E-state index >= 15 is 0 Å². The molecule has 2 rings (SSSR count). The highest BCUT2D eigenvalue weighted by Gasteiger charge is 2.22. The van der Waals surface area contributed by atoms with Crippen molar-refractivity contribution in [3.05, 3.63) is 54.2 Å². The van der Waals surface area contributed by atoms with Gasteiger partial charge in [-0.2, -0.15) is 4.31 Å². The second-order valence-electron chi connectivity index (χ2n) is 6.24. The van der Waals surface area contributed by atoms with Gasteiger partial charge in [-0.3, -0.25) is 0 Å². The van der Waals surface area contributed by atoms with Gasteiger partial charge >= 0.3 is 0 Å². The third-order valence-electron chi connectivity index (χ3n) is 4.36. The normalized spacial score (nSPS) is 13.2. The fourth-order valence-electron chi connectivity index (χ4n) is 2.83. The number of rotatable bonds is 9. The highest BCUT2D eigenvalue weighted by Crippen LogP contribution is 2.20. The molecule has 6 nitrogen and oxygen atoms in total. The van der Waals surface area contributed by atoms with Crippen LogP contribution in [0.25, 0.3) is 0 Å². The van der Waals surface area contributed by atoms with E-state index in [9.17, 15) is 8.42 Å². The maximum Gasteiger partial charge on any atom is 0.244 e. The van der Waals surface area contributed by atoms with Gasteiger partial charge in [0.25, 0.3) is 0 Å². The Bertz CT molecular complexity index is 773. The fraction of sp³-hybridized carbons (Fsp3) is 0.421. The molecule has 0 saturated heterocycles. The van der Waals surface area contributed by atoms with Crippen molar-refractivity contribution in [2.75, 3.05) is 39.0 Å². The summed E-state index contributed by atoms with van der Waals surface area (Å²) in [5.74, 6) is 0.659. The molecule has 142 valence electrons. The van der Waals surface area contributed by atoms with Gasteiger partial charge in [-0.15, -0.1) is 0 Å². The first kappa shape index (κ1) is 20.4. The minimum Gasteiger partial charge on any atom is -0.368 e. The molecule has 0 bridgehead atoms. The van der Waals surface area contributed by atoms with Gasteiger partial charge in [-0.05, 0) is 31.8 Å². The van der Waals surface area contributed by atoms with E-state index in [0.717, 1.165) is 0 Å². The number of likely N-dealkylation sites (N-methyl/N-ethyl adjacent to an activating group) is 1. The minimum atomic E-state index is -3.47. The van der Waals surface area contributed by atoms with Crippen LogP contribution in [0.15, 0.2) is 53.6 Å². The predicted molar refractivity (Wildman–Crippen MR) is 106 cm³/mol. The van der Waals surface area contributed by atoms with Crippen molar-refractivity contribution in [2.24, 2.45) is 0 Å². The Morgan fingerprint density at radius 1 is 1.04 bits per heavy atom. The lowest BCUT2D eigenvalue weighted by Crippen LogP contribution is -2.30. The van der Waals surface area contributed by atoms with Crippen LogP contribution in [0.4, 0.5) is 5.82 Å². The molecule has 0 aliphatic carbocycles. The van der Waals surface area contributed by atoms with E-state index in [4.69, 9.17) is 0 Å². The summed E-state index contributed by atoms with van der Waals surface area (Å²) in [7, 11) is 0.598. The lowest BCUT2D eigenvalue weighted by molar-refractivity contribution is 0.311. The molecule has 0 aliphatic rings. The topological polar surface area (TPSA) is 65.5 Å². The number of sulfonamides is 1. The Labute approximate surface area is 156 Å². The maximum atomic E-state index is 12.5. The van der Waals surface area contributed by atoms with Crippen LogP contribution in [0.3, 0.4) is 0 Å². The number of nitrogens with one attached hydrogen (secondary N) is 1. The predicted octanol–water partition coefficient (Wildman–Crippen LogP) is 2.83. The molecule has 1 aromatic carbocycles. The number of hydrogen-bond donors (Lipinski definition) is 1. The van der Waals surface area contributed by atoms with Crippen LogP contribution in [0.1, 0.15) is 25.5 Å². The number of anilines is 1. The first-order valence-corrected chi connectivity index (χ1v) is 10.3. The molecule has 1 atom stereocenters. The van der Waals surface area contributed by atoms with E-state index in [2.05, 4.69) is 27.3 Å². The number of nitrogens with zero attached hydrogens (tertiary/aromatic N) is 3. The second-order valence-corrected chi connectivity index (χ2v) is 8.18. The van der Waals surface area contributed by atoms with Crippen molar-refractivity contribution in [1.29, 1.82) is 0 Å². The fourth-order valence-corrected chi connectivity index (χ4v) is 4.23. The number of hydrogen-bond acceptors (Lipinski definition) is 5. The van der Waals surface area contributed by atoms with Crippen LogP contribution in [-0.2, 0) is 10.0 Å². The van der Waals surface area contributed by atoms with Gasteiger partial charge < -0.3 is 10.2 Å². The molecule has 1 aromatic heterocycles. The molecular weight excluding hydrogens is 348 g/mol. The molecule has 1 unspecified atom stereocenters. The molecule has 0 radical (unpaired) electrons. The zero-order valence-electron chi connectivity index (χ0n) is 15.9. The molecule has 0 saturated carbocycles. The SMILES string of the molecule is CCN(CC)S(=O)(=O)c1ccc(NCC(c2ccccc2)N(C)C)nc1. The van der Waals surface area contributed by atoms with Crippen LogP contribution >= 0.6 is 0 Å². The van der Waals surface area contributed by atoms with Gasteiger partial charge in [0.2, 0.25) is 10.0 Å². The molecule has 0 fully saturated rings. The quantitative estimate of drug-likeness (QED) is 0.729. The Morgan fingerprint density at radius 3 is 2.19 bits per heavy atom. The second kappa shape index (κ2) is 9.12. The lowest BCUT2D eigenvalue weighted by Gasteiger charge is -2.25. The zero-order chi connectivity index (χ0) is 19.2. The third kappa shape index (κ3) is 4.81. The average Bonchev–Trinajstić information content (AvgIpc) is 2.63. The standard InChI is InChI=1S/C19H28N4O2S/c1-5-23(6-2)26(24,25)17-12-13-19(20-14-17)21-15-18(22(3)4)16-10-8-7-9-11-16/h7-14,18H,5-6,15H2,1-4H3,(H,20,21). The monoisotopic (exact) mass is 376 g/mol. The van der Waals surface area contributed by atoms with Gasteiger partial charge in [0.1, 0.15) is 10.7 Å². The first-order valence-electron chi connectivity index (χ1n) is 8.81. The minimum absolute atomic E-state index is 0.192. The van der Waals surface area contributed by atoms with Crippen molar-refractivity contribution in [2.45, 2.75) is 24.8 Å². The smallest absolute Gasteiger partial charge is 0.244 e. The van der Waals surface area contributed by atoms with Crippen LogP contribution in [0, 0.1) is 0 Å². The molecule has 1 N–H and O–H groups in total. The molecule has 1 heterocycles. The van der Waals surface area contributed by atoms with Crippen molar-refractivity contribution in [3.8, 4) is 0 Å². The Kier molecular flexibility index (Phi) is 7.14. The van der Waals surface area contributed by atoms with Crippen LogP contribution in [0.5, 0.6) is 0 Å². The van der Waals surface area contributed by atoms with E-state index in [1.807, 2.05) is 46.1 Å². The molecule has 0 amide bonds. The third-order valence-corrected chi connectivity index (χ3v) is 6.40. The lowest BCUT2D eigenvalue weighted by atomic mass is 10.1. The zero-order valence-corrected chi connectivity index (χ0v) is 16.7. The van der Waals surface area contributed by atoms with Crippen molar-refractivity contribution in [1.82, 2.24) is 14.2 Å². The molecule has 2 aromatic rings. The van der Waals surface area contributed by atoms with Gasteiger partial charge in [-0.1, -0.05) is 44.2 Å². The number of benzene rings is 1. The summed E-state index contributed by atoms with van der Waals surface area (Å²) in [5, 5.41) is 3.30. The van der Waals surface area contributed by atoms with Crippen molar-refractivity contribution < 1.29 is 8.42 Å². The van der Waals surface area contributed by atoms with Gasteiger partial charge in [0.05, 0.1) is 6.04 Å². The highest BCUT2D eigenvalue weighted by molar-refractivity contribution is 7.89. The molecule has 0 spiro atoms. The van der Waals surface area contributed by atoms with Gasteiger partial charge in [0.15, 0.2) is 0 Å². The highest BCUT2D eigenvalue weighted by atomic mass is 32.2. The van der Waals surface area contributed by atoms with Crippen molar-refractivity contribution in [3.63, 3.8) is 0 Å². The van der Waals surface area contributed by atoms with E-state index in [1.54, 1.807) is 12.1 Å². The van der Waals surface area contributed by atoms with E-state index in [0.29, 0.717) is 25.5 Å². The summed E-state index contributed by atoms with van der Waals surface area (Å²) >= 11 is 0. The largest absolute Gasteiger partial charge is 0.368 e. The van der Waals surface area contributed by atoms with Gasteiger partial charge in [0, 0.05) is 25.8 Å². The summed E-state index contributed by atoms with van der Waals surface area (Å²) in [6.07, 6.45) is 1.42. The van der Waals surface area contributed by atoms with Gasteiger partial charge in [-0.25, -0.2) is 13.4 Å². The summed E-state index contributed by atoms with van der Waals surface area (Å²) in [4.78, 5) is 6.65. The molecule has 26 heavy (non-hydrogen) atoms. The van der Waals surface area contributed by atoms with Crippen molar-refractivity contribution >= 4 is 15.8 Å². The summed E-state index contributed by atoms with van der Waals surface area (Å²) in [5.41, 5.74) is 1.21. The van der Waals surface area contributed by atoms with Crippen LogP contribution in [0.2, 0.25) is 0 Å². The van der Waals surface area contributed by atoms with E-state index in [-0.39, 0.29) is 10.9 Å². The maximum absolute atomic E-state index is 12.5. The first-order chi connectivity index (χ1) is 12.4.